The van der Waals surface area contributed by atoms with E-state index in [9.17, 15) is 9.59 Å². The van der Waals surface area contributed by atoms with Crippen LogP contribution in [0.4, 0.5) is 0 Å². The average molecular weight is 262 g/mol. The Labute approximate surface area is 108 Å². The van der Waals surface area contributed by atoms with Crippen LogP contribution in [0, 0.1) is 0 Å². The molecule has 0 aliphatic heterocycles. The van der Waals surface area contributed by atoms with E-state index in [2.05, 4.69) is 5.32 Å². The molecule has 0 saturated heterocycles. The first-order chi connectivity index (χ1) is 8.45. The molecule has 0 spiro atoms. The van der Waals surface area contributed by atoms with Crippen LogP contribution in [-0.4, -0.2) is 42.7 Å². The van der Waals surface area contributed by atoms with Crippen LogP contribution in [0.15, 0.2) is 0 Å². The van der Waals surface area contributed by atoms with Crippen LogP contribution in [0.3, 0.4) is 0 Å². The molecule has 1 amide bonds. The summed E-state index contributed by atoms with van der Waals surface area (Å²) in [7, 11) is 0. The zero-order valence-corrected chi connectivity index (χ0v) is 11.0. The molecule has 0 aliphatic carbocycles. The fourth-order valence-electron chi connectivity index (χ4n) is 0.951. The van der Waals surface area contributed by atoms with Gasteiger partial charge in [-0.15, -0.1) is 0 Å². The Kier molecular flexibility index (Phi) is 14.8. The van der Waals surface area contributed by atoms with Gasteiger partial charge in [-0.3, -0.25) is 9.59 Å². The van der Waals surface area contributed by atoms with Crippen LogP contribution in [0.5, 0.6) is 0 Å². The van der Waals surface area contributed by atoms with Crippen molar-refractivity contribution in [3.63, 3.8) is 0 Å². The maximum Gasteiger partial charge on any atom is 0.303 e. The largest absolute Gasteiger partial charge is 0.481 e. The molecule has 0 radical (unpaired) electrons. The van der Waals surface area contributed by atoms with Gasteiger partial charge >= 0.3 is 5.97 Å². The van der Waals surface area contributed by atoms with Gasteiger partial charge < -0.3 is 27.6 Å². The van der Waals surface area contributed by atoms with Gasteiger partial charge in [0.1, 0.15) is 0 Å². The van der Waals surface area contributed by atoms with E-state index in [4.69, 9.17) is 22.3 Å². The normalized spacial score (nSPS) is 11.1. The third-order valence-electron chi connectivity index (χ3n) is 1.95. The van der Waals surface area contributed by atoms with Crippen LogP contribution >= 0.6 is 0 Å². The Bertz CT molecular complexity index is 220. The molecule has 0 saturated carbocycles. The Morgan fingerprint density at radius 3 is 2.11 bits per heavy atom. The molecular weight excluding hydrogens is 236 g/mol. The second-order valence-corrected chi connectivity index (χ2v) is 3.86. The van der Waals surface area contributed by atoms with Crippen LogP contribution < -0.4 is 22.5 Å². The zero-order chi connectivity index (χ0) is 14.4. The van der Waals surface area contributed by atoms with Gasteiger partial charge in [-0.1, -0.05) is 6.42 Å². The molecule has 0 heterocycles. The zero-order valence-electron chi connectivity index (χ0n) is 11.0. The predicted molar refractivity (Wildman–Crippen MR) is 70.9 cm³/mol. The van der Waals surface area contributed by atoms with Crippen molar-refractivity contribution < 1.29 is 14.7 Å². The van der Waals surface area contributed by atoms with Gasteiger partial charge in [0.05, 0.1) is 6.04 Å². The van der Waals surface area contributed by atoms with E-state index in [-0.39, 0.29) is 12.3 Å². The standard InChI is InChI=1S/C9H18N2O3.C2H8N2/c1-7(10)9(14)11-6-4-2-3-5-8(12)13;3-1-2-4/h7H,2-6,10H2,1H3,(H,11,14)(H,12,13);1-4H2/t7-;/m0./s1. The fraction of sp³-hybridized carbons (Fsp3) is 0.818. The molecule has 7 nitrogen and oxygen atoms in total. The Morgan fingerprint density at radius 2 is 1.72 bits per heavy atom. The summed E-state index contributed by atoms with van der Waals surface area (Å²) in [5, 5.41) is 11.0. The number of carbonyl (C=O) groups excluding carboxylic acids is 1. The number of carboxylic acid groups (broad SMARTS) is 1. The smallest absolute Gasteiger partial charge is 0.303 e. The lowest BCUT2D eigenvalue weighted by Gasteiger charge is -2.06. The first-order valence-corrected chi connectivity index (χ1v) is 6.10. The SMILES string of the molecule is C[C@H](N)C(=O)NCCCCCC(=O)O.NCCN. The van der Waals surface area contributed by atoms with E-state index >= 15 is 0 Å². The third kappa shape index (κ3) is 17.2. The molecule has 0 aromatic carbocycles. The number of nitrogens with one attached hydrogen (secondary N) is 1. The highest BCUT2D eigenvalue weighted by Crippen LogP contribution is 1.98. The summed E-state index contributed by atoms with van der Waals surface area (Å²) >= 11 is 0. The Hall–Kier alpha value is -1.18. The van der Waals surface area contributed by atoms with Crippen molar-refractivity contribution in [3.8, 4) is 0 Å². The van der Waals surface area contributed by atoms with Crippen molar-refractivity contribution in [2.75, 3.05) is 19.6 Å². The highest BCUT2D eigenvalue weighted by atomic mass is 16.4. The highest BCUT2D eigenvalue weighted by Gasteiger charge is 2.04. The maximum atomic E-state index is 11.0. The molecule has 18 heavy (non-hydrogen) atoms. The molecule has 7 heteroatoms. The van der Waals surface area contributed by atoms with Crippen molar-refractivity contribution in [1.82, 2.24) is 5.32 Å². The second kappa shape index (κ2) is 13.9. The number of carbonyl (C=O) groups is 2. The monoisotopic (exact) mass is 262 g/mol. The predicted octanol–water partition coefficient (Wildman–Crippen LogP) is -1.00. The third-order valence-corrected chi connectivity index (χ3v) is 1.95. The van der Waals surface area contributed by atoms with Crippen molar-refractivity contribution in [1.29, 1.82) is 0 Å². The van der Waals surface area contributed by atoms with E-state index in [1.165, 1.54) is 0 Å². The molecule has 108 valence electrons. The highest BCUT2D eigenvalue weighted by molar-refractivity contribution is 5.80. The lowest BCUT2D eigenvalue weighted by Crippen LogP contribution is -2.38. The van der Waals surface area contributed by atoms with Gasteiger partial charge in [-0.25, -0.2) is 0 Å². The Balaban J connectivity index is 0. The number of amides is 1. The second-order valence-electron chi connectivity index (χ2n) is 3.86. The van der Waals surface area contributed by atoms with Gasteiger partial charge in [-0.05, 0) is 19.8 Å². The summed E-state index contributed by atoms with van der Waals surface area (Å²) in [6.45, 7) is 3.39. The van der Waals surface area contributed by atoms with Crippen LogP contribution in [0.25, 0.3) is 0 Å². The summed E-state index contributed by atoms with van der Waals surface area (Å²) in [5.41, 5.74) is 15.1. The van der Waals surface area contributed by atoms with E-state index in [1.54, 1.807) is 6.92 Å². The molecule has 0 rings (SSSR count). The summed E-state index contributed by atoms with van der Waals surface area (Å²) < 4.78 is 0. The fourth-order valence-corrected chi connectivity index (χ4v) is 0.951. The van der Waals surface area contributed by atoms with Crippen LogP contribution in [0.2, 0.25) is 0 Å². The summed E-state index contributed by atoms with van der Waals surface area (Å²) in [6, 6.07) is -0.478. The quantitative estimate of drug-likeness (QED) is 0.355. The van der Waals surface area contributed by atoms with E-state index in [0.717, 1.165) is 12.8 Å². The number of hydrogen-bond donors (Lipinski definition) is 5. The molecule has 0 unspecified atom stereocenters. The van der Waals surface area contributed by atoms with Gasteiger partial charge in [0.2, 0.25) is 5.91 Å². The van der Waals surface area contributed by atoms with Gasteiger partial charge in [0.25, 0.3) is 0 Å². The molecule has 0 aromatic rings. The lowest BCUT2D eigenvalue weighted by atomic mass is 10.2. The number of rotatable bonds is 8. The molecule has 0 bridgehead atoms. The van der Waals surface area contributed by atoms with Gasteiger partial charge in [0.15, 0.2) is 0 Å². The van der Waals surface area contributed by atoms with E-state index in [0.29, 0.717) is 26.1 Å². The first kappa shape index (κ1) is 19.2. The van der Waals surface area contributed by atoms with E-state index < -0.39 is 12.0 Å². The minimum Gasteiger partial charge on any atom is -0.481 e. The number of unbranched alkanes of at least 4 members (excludes halogenated alkanes) is 2. The van der Waals surface area contributed by atoms with Crippen molar-refractivity contribution in [3.05, 3.63) is 0 Å². The molecule has 0 fully saturated rings. The Morgan fingerprint density at radius 1 is 1.17 bits per heavy atom. The molecule has 8 N–H and O–H groups in total. The number of nitrogens with two attached hydrogens (primary N) is 3. The number of aliphatic carboxylic acids is 1. The van der Waals surface area contributed by atoms with Gasteiger partial charge in [0, 0.05) is 26.1 Å². The molecule has 0 aliphatic rings. The number of hydrogen-bond acceptors (Lipinski definition) is 5. The summed E-state index contributed by atoms with van der Waals surface area (Å²) in [5.74, 6) is -0.937. The summed E-state index contributed by atoms with van der Waals surface area (Å²) in [4.78, 5) is 21.1. The molecule has 1 atom stereocenters. The molecular formula is C11H26N4O3. The van der Waals surface area contributed by atoms with Crippen molar-refractivity contribution in [2.24, 2.45) is 17.2 Å². The topological polar surface area (TPSA) is 144 Å². The summed E-state index contributed by atoms with van der Waals surface area (Å²) in [6.07, 6.45) is 2.46. The van der Waals surface area contributed by atoms with Crippen LogP contribution in [-0.2, 0) is 9.59 Å². The van der Waals surface area contributed by atoms with Gasteiger partial charge in [-0.2, -0.15) is 0 Å². The maximum absolute atomic E-state index is 11.0. The average Bonchev–Trinajstić information content (AvgIpc) is 2.33. The lowest BCUT2D eigenvalue weighted by molar-refractivity contribution is -0.137. The minimum atomic E-state index is -0.774. The minimum absolute atomic E-state index is 0.164. The first-order valence-electron chi connectivity index (χ1n) is 6.10. The van der Waals surface area contributed by atoms with Crippen LogP contribution in [0.1, 0.15) is 32.6 Å². The van der Waals surface area contributed by atoms with Crippen molar-refractivity contribution >= 4 is 11.9 Å². The van der Waals surface area contributed by atoms with E-state index in [1.807, 2.05) is 0 Å². The number of carboxylic acids is 1. The van der Waals surface area contributed by atoms with Crippen molar-refractivity contribution in [2.45, 2.75) is 38.6 Å². The molecule has 0 aromatic heterocycles.